The van der Waals surface area contributed by atoms with Crippen LogP contribution in [-0.2, 0) is 11.2 Å². The van der Waals surface area contributed by atoms with Crippen molar-refractivity contribution in [2.24, 2.45) is 0 Å². The van der Waals surface area contributed by atoms with Crippen molar-refractivity contribution in [1.82, 2.24) is 15.2 Å². The third-order valence-electron chi connectivity index (χ3n) is 4.63. The molecule has 0 saturated carbocycles. The van der Waals surface area contributed by atoms with Gasteiger partial charge in [0.05, 0.1) is 15.2 Å². The lowest BCUT2D eigenvalue weighted by atomic mass is 10.0. The van der Waals surface area contributed by atoms with E-state index in [1.165, 1.54) is 9.71 Å². The van der Waals surface area contributed by atoms with Crippen molar-refractivity contribution in [3.8, 4) is 0 Å². The van der Waals surface area contributed by atoms with Gasteiger partial charge in [-0.15, -0.1) is 36.2 Å². The summed E-state index contributed by atoms with van der Waals surface area (Å²) in [7, 11) is 2.00. The van der Waals surface area contributed by atoms with Gasteiger partial charge < -0.3 is 10.2 Å². The van der Waals surface area contributed by atoms with Crippen molar-refractivity contribution in [2.75, 3.05) is 20.1 Å². The van der Waals surface area contributed by atoms with Crippen molar-refractivity contribution in [2.45, 2.75) is 44.6 Å². The molecule has 3 rings (SSSR count). The summed E-state index contributed by atoms with van der Waals surface area (Å²) in [6.45, 7) is 1.81. The first-order valence-electron chi connectivity index (χ1n) is 8.56. The molecule has 1 aromatic heterocycles. The number of hydrogen-bond donors (Lipinski definition) is 1. The summed E-state index contributed by atoms with van der Waals surface area (Å²) in [5.41, 5.74) is 1.09. The van der Waals surface area contributed by atoms with Gasteiger partial charge in [-0.3, -0.25) is 4.79 Å². The minimum atomic E-state index is 0. The van der Waals surface area contributed by atoms with Crippen LogP contribution in [0.4, 0.5) is 0 Å². The number of para-hydroxylation sites is 1. The molecule has 0 radical (unpaired) electrons. The number of fused-ring (bicyclic) bond motifs is 1. The van der Waals surface area contributed by atoms with Gasteiger partial charge in [-0.1, -0.05) is 12.1 Å². The van der Waals surface area contributed by atoms with E-state index in [1.807, 2.05) is 18.0 Å². The van der Waals surface area contributed by atoms with Gasteiger partial charge in [0.1, 0.15) is 0 Å². The van der Waals surface area contributed by atoms with E-state index in [9.17, 15) is 4.79 Å². The summed E-state index contributed by atoms with van der Waals surface area (Å²) in [5.74, 6) is 0.323. The standard InChI is InChI=1S/C18H25N3OS.2ClH/c1-19-14-10-12-21(13-11-14)18(22)9-5-4-8-17-20-15-6-2-3-7-16(15)23-17;;/h2-3,6-7,14,19H,4-5,8-13H2,1H3;2*1H. The molecule has 4 nitrogen and oxygen atoms in total. The van der Waals surface area contributed by atoms with Gasteiger partial charge in [-0.05, 0) is 51.3 Å². The lowest BCUT2D eigenvalue weighted by molar-refractivity contribution is -0.132. The first-order valence-corrected chi connectivity index (χ1v) is 9.37. The molecule has 7 heteroatoms. The molecule has 140 valence electrons. The van der Waals surface area contributed by atoms with Crippen LogP contribution >= 0.6 is 36.2 Å². The third kappa shape index (κ3) is 6.10. The van der Waals surface area contributed by atoms with Gasteiger partial charge in [0.25, 0.3) is 0 Å². The minimum absolute atomic E-state index is 0. The molecule has 1 aliphatic heterocycles. The van der Waals surface area contributed by atoms with E-state index in [-0.39, 0.29) is 24.8 Å². The van der Waals surface area contributed by atoms with E-state index >= 15 is 0 Å². The van der Waals surface area contributed by atoms with Crippen LogP contribution in [0.25, 0.3) is 10.2 Å². The zero-order valence-corrected chi connectivity index (χ0v) is 17.0. The zero-order chi connectivity index (χ0) is 16.1. The molecule has 25 heavy (non-hydrogen) atoms. The summed E-state index contributed by atoms with van der Waals surface area (Å²) in [4.78, 5) is 18.9. The number of nitrogens with zero attached hydrogens (tertiary/aromatic N) is 2. The number of piperidine rings is 1. The average molecular weight is 404 g/mol. The highest BCUT2D eigenvalue weighted by Crippen LogP contribution is 2.23. The Hall–Kier alpha value is -0.880. The third-order valence-corrected chi connectivity index (χ3v) is 5.72. The Balaban J connectivity index is 0.00000156. The first kappa shape index (κ1) is 22.2. The zero-order valence-electron chi connectivity index (χ0n) is 14.6. The predicted octanol–water partition coefficient (Wildman–Crippen LogP) is 4.06. The number of aromatic nitrogens is 1. The second-order valence-corrected chi connectivity index (χ2v) is 7.34. The van der Waals surface area contributed by atoms with E-state index in [0.29, 0.717) is 18.4 Å². The Morgan fingerprint density at radius 1 is 1.24 bits per heavy atom. The van der Waals surface area contributed by atoms with Crippen LogP contribution in [0.1, 0.15) is 37.1 Å². The number of nitrogens with one attached hydrogen (secondary N) is 1. The number of thiazole rings is 1. The van der Waals surface area contributed by atoms with E-state index in [1.54, 1.807) is 11.3 Å². The second kappa shape index (κ2) is 11.0. The quantitative estimate of drug-likeness (QED) is 0.739. The number of benzene rings is 1. The second-order valence-electron chi connectivity index (χ2n) is 6.23. The average Bonchev–Trinajstić information content (AvgIpc) is 3.01. The van der Waals surface area contributed by atoms with Gasteiger partial charge >= 0.3 is 0 Å². The molecule has 2 aromatic rings. The Kier molecular flexibility index (Phi) is 9.72. The van der Waals surface area contributed by atoms with Crippen molar-refractivity contribution in [3.63, 3.8) is 0 Å². The molecule has 1 saturated heterocycles. The van der Waals surface area contributed by atoms with Crippen LogP contribution in [0.2, 0.25) is 0 Å². The van der Waals surface area contributed by atoms with E-state index < -0.39 is 0 Å². The predicted molar refractivity (Wildman–Crippen MR) is 110 cm³/mol. The number of hydrogen-bond acceptors (Lipinski definition) is 4. The molecular formula is C18H27Cl2N3OS. The minimum Gasteiger partial charge on any atom is -0.343 e. The fourth-order valence-corrected chi connectivity index (χ4v) is 4.16. The Bertz CT molecular complexity index is 624. The summed E-state index contributed by atoms with van der Waals surface area (Å²) in [5, 5.41) is 4.49. The number of amides is 1. The van der Waals surface area contributed by atoms with E-state index in [0.717, 1.165) is 50.7 Å². The van der Waals surface area contributed by atoms with Crippen LogP contribution in [0.3, 0.4) is 0 Å². The van der Waals surface area contributed by atoms with Gasteiger partial charge in [0, 0.05) is 25.6 Å². The summed E-state index contributed by atoms with van der Waals surface area (Å²) < 4.78 is 1.26. The molecule has 0 atom stereocenters. The maximum Gasteiger partial charge on any atom is 0.222 e. The smallest absolute Gasteiger partial charge is 0.222 e. The normalized spacial score (nSPS) is 14.8. The largest absolute Gasteiger partial charge is 0.343 e. The van der Waals surface area contributed by atoms with E-state index in [4.69, 9.17) is 0 Å². The number of unbranched alkanes of at least 4 members (excludes halogenated alkanes) is 1. The number of halogens is 2. The molecular weight excluding hydrogens is 377 g/mol. The van der Waals surface area contributed by atoms with Gasteiger partial charge in [-0.25, -0.2) is 4.98 Å². The van der Waals surface area contributed by atoms with Crippen LogP contribution < -0.4 is 5.32 Å². The SMILES string of the molecule is CNC1CCN(C(=O)CCCCc2nc3ccccc3s2)CC1.Cl.Cl. The van der Waals surface area contributed by atoms with Crippen molar-refractivity contribution >= 4 is 52.3 Å². The monoisotopic (exact) mass is 403 g/mol. The van der Waals surface area contributed by atoms with Crippen molar-refractivity contribution in [1.29, 1.82) is 0 Å². The fourth-order valence-electron chi connectivity index (χ4n) is 3.15. The molecule has 0 aliphatic carbocycles. The Labute approximate surface area is 166 Å². The summed E-state index contributed by atoms with van der Waals surface area (Å²) in [6.07, 6.45) is 5.81. The highest BCUT2D eigenvalue weighted by atomic mass is 35.5. The van der Waals surface area contributed by atoms with Crippen molar-refractivity contribution < 1.29 is 4.79 Å². The number of carbonyl (C=O) groups is 1. The van der Waals surface area contributed by atoms with Gasteiger partial charge in [-0.2, -0.15) is 0 Å². The summed E-state index contributed by atoms with van der Waals surface area (Å²) in [6, 6.07) is 8.85. The van der Waals surface area contributed by atoms with E-state index in [2.05, 4.69) is 28.5 Å². The molecule has 0 bridgehead atoms. The number of rotatable bonds is 6. The van der Waals surface area contributed by atoms with Gasteiger partial charge in [0.2, 0.25) is 5.91 Å². The van der Waals surface area contributed by atoms with Crippen LogP contribution in [0.15, 0.2) is 24.3 Å². The fraction of sp³-hybridized carbons (Fsp3) is 0.556. The van der Waals surface area contributed by atoms with Gasteiger partial charge in [0.15, 0.2) is 0 Å². The Morgan fingerprint density at radius 2 is 1.96 bits per heavy atom. The van der Waals surface area contributed by atoms with Crippen LogP contribution in [-0.4, -0.2) is 42.0 Å². The maximum atomic E-state index is 12.2. The van der Waals surface area contributed by atoms with Crippen LogP contribution in [0.5, 0.6) is 0 Å². The molecule has 1 amide bonds. The lowest BCUT2D eigenvalue weighted by Gasteiger charge is -2.31. The summed E-state index contributed by atoms with van der Waals surface area (Å²) >= 11 is 1.77. The molecule has 1 aliphatic rings. The maximum absolute atomic E-state index is 12.2. The molecule has 1 aromatic carbocycles. The highest BCUT2D eigenvalue weighted by Gasteiger charge is 2.21. The first-order chi connectivity index (χ1) is 11.3. The molecule has 0 spiro atoms. The van der Waals surface area contributed by atoms with Crippen LogP contribution in [0, 0.1) is 0 Å². The molecule has 1 fully saturated rings. The molecule has 0 unspecified atom stereocenters. The number of aryl methyl sites for hydroxylation is 1. The lowest BCUT2D eigenvalue weighted by Crippen LogP contribution is -2.43. The topological polar surface area (TPSA) is 45.2 Å². The number of carbonyl (C=O) groups excluding carboxylic acids is 1. The highest BCUT2D eigenvalue weighted by molar-refractivity contribution is 7.18. The molecule has 2 heterocycles. The molecule has 1 N–H and O–H groups in total. The van der Waals surface area contributed by atoms with Crippen molar-refractivity contribution in [3.05, 3.63) is 29.3 Å². The Morgan fingerprint density at radius 3 is 2.64 bits per heavy atom. The number of likely N-dealkylation sites (tertiary alicyclic amines) is 1.